The quantitative estimate of drug-likeness (QED) is 0.895. The van der Waals surface area contributed by atoms with E-state index in [1.807, 2.05) is 17.8 Å². The summed E-state index contributed by atoms with van der Waals surface area (Å²) in [5.41, 5.74) is 0.492. The van der Waals surface area contributed by atoms with E-state index < -0.39 is 0 Å². The molecule has 0 aliphatic heterocycles. The van der Waals surface area contributed by atoms with E-state index in [9.17, 15) is 4.79 Å². The fourth-order valence-corrected chi connectivity index (χ4v) is 1.96. The zero-order valence-electron chi connectivity index (χ0n) is 10.6. The number of aromatic nitrogens is 3. The third kappa shape index (κ3) is 3.11. The first-order chi connectivity index (χ1) is 9.11. The predicted molar refractivity (Wildman–Crippen MR) is 75.9 cm³/mol. The molecule has 2 heterocycles. The summed E-state index contributed by atoms with van der Waals surface area (Å²) < 4.78 is 2.62. The fourth-order valence-electron chi connectivity index (χ4n) is 1.63. The maximum atomic E-state index is 12.1. The summed E-state index contributed by atoms with van der Waals surface area (Å²) >= 11 is 3.31. The predicted octanol–water partition coefficient (Wildman–Crippen LogP) is 1.55. The molecule has 0 aliphatic rings. The largest absolute Gasteiger partial charge is 0.372 e. The highest BCUT2D eigenvalue weighted by Gasteiger charge is 2.13. The summed E-state index contributed by atoms with van der Waals surface area (Å²) in [6.45, 7) is 0.373. The number of amides is 1. The molecule has 19 heavy (non-hydrogen) atoms. The summed E-state index contributed by atoms with van der Waals surface area (Å²) in [5.74, 6) is 1.14. The van der Waals surface area contributed by atoms with Crippen LogP contribution in [-0.4, -0.2) is 27.5 Å². The van der Waals surface area contributed by atoms with Crippen molar-refractivity contribution < 1.29 is 4.79 Å². The Balaban J connectivity index is 2.12. The minimum atomic E-state index is -0.193. The van der Waals surface area contributed by atoms with Crippen LogP contribution in [0.15, 0.2) is 29.1 Å². The molecule has 0 spiro atoms. The first-order valence-electron chi connectivity index (χ1n) is 5.69. The van der Waals surface area contributed by atoms with Crippen LogP contribution >= 0.6 is 15.9 Å². The van der Waals surface area contributed by atoms with Gasteiger partial charge in [-0.15, -0.1) is 0 Å². The number of hydrogen-bond donors (Lipinski definition) is 2. The Bertz CT molecular complexity index is 596. The lowest BCUT2D eigenvalue weighted by molar-refractivity contribution is 0.0950. The number of pyridine rings is 1. The van der Waals surface area contributed by atoms with E-state index >= 15 is 0 Å². The van der Waals surface area contributed by atoms with Gasteiger partial charge in [0.2, 0.25) is 0 Å². The number of carbonyl (C=O) groups excluding carboxylic acids is 1. The Kier molecular flexibility index (Phi) is 4.16. The highest BCUT2D eigenvalue weighted by molar-refractivity contribution is 9.10. The maximum absolute atomic E-state index is 12.1. The smallest absolute Gasteiger partial charge is 0.255 e. The second-order valence-corrected chi connectivity index (χ2v) is 4.85. The minimum absolute atomic E-state index is 0.193. The topological polar surface area (TPSA) is 71.8 Å². The lowest BCUT2D eigenvalue weighted by Crippen LogP contribution is -2.25. The van der Waals surface area contributed by atoms with Crippen molar-refractivity contribution in [3.8, 4) is 0 Å². The molecule has 0 saturated carbocycles. The number of nitrogens with one attached hydrogen (secondary N) is 2. The molecule has 1 amide bonds. The molecule has 0 radical (unpaired) electrons. The summed E-state index contributed by atoms with van der Waals surface area (Å²) in [4.78, 5) is 20.4. The van der Waals surface area contributed by atoms with E-state index in [4.69, 9.17) is 0 Å². The Morgan fingerprint density at radius 1 is 1.47 bits per heavy atom. The van der Waals surface area contributed by atoms with Gasteiger partial charge in [-0.1, -0.05) is 0 Å². The van der Waals surface area contributed by atoms with E-state index in [0.29, 0.717) is 17.9 Å². The molecule has 0 unspecified atom stereocenters. The van der Waals surface area contributed by atoms with E-state index in [2.05, 4.69) is 36.5 Å². The van der Waals surface area contributed by atoms with Crippen LogP contribution in [0.1, 0.15) is 16.2 Å². The van der Waals surface area contributed by atoms with Gasteiger partial charge >= 0.3 is 0 Å². The molecule has 2 aromatic heterocycles. The average Bonchev–Trinajstić information content (AvgIpc) is 2.81. The molecule has 7 heteroatoms. The number of rotatable bonds is 4. The molecule has 6 nitrogen and oxygen atoms in total. The lowest BCUT2D eigenvalue weighted by atomic mass is 10.2. The van der Waals surface area contributed by atoms with E-state index in [0.717, 1.165) is 10.3 Å². The van der Waals surface area contributed by atoms with Gasteiger partial charge in [0.15, 0.2) is 0 Å². The zero-order valence-corrected chi connectivity index (χ0v) is 12.2. The molecule has 0 fully saturated rings. The molecule has 2 N–H and O–H groups in total. The normalized spacial score (nSPS) is 10.3. The van der Waals surface area contributed by atoms with Crippen LogP contribution in [0.3, 0.4) is 0 Å². The van der Waals surface area contributed by atoms with E-state index in [1.54, 1.807) is 25.5 Å². The van der Waals surface area contributed by atoms with Crippen molar-refractivity contribution in [2.45, 2.75) is 6.54 Å². The summed E-state index contributed by atoms with van der Waals surface area (Å²) in [6.07, 6.45) is 5.17. The number of carbonyl (C=O) groups is 1. The van der Waals surface area contributed by atoms with E-state index in [-0.39, 0.29) is 5.91 Å². The molecule has 0 atom stereocenters. The molecule has 0 aliphatic carbocycles. The molecule has 0 saturated heterocycles. The van der Waals surface area contributed by atoms with Crippen LogP contribution in [-0.2, 0) is 13.6 Å². The SMILES string of the molecule is CNc1ncc(Br)cc1C(=O)NCc1nccn1C. The van der Waals surface area contributed by atoms with Crippen molar-refractivity contribution in [1.82, 2.24) is 19.9 Å². The lowest BCUT2D eigenvalue weighted by Gasteiger charge is -2.09. The van der Waals surface area contributed by atoms with Crippen molar-refractivity contribution in [3.63, 3.8) is 0 Å². The van der Waals surface area contributed by atoms with Crippen molar-refractivity contribution >= 4 is 27.7 Å². The summed E-state index contributed by atoms with van der Waals surface area (Å²) in [6, 6.07) is 1.73. The highest BCUT2D eigenvalue weighted by atomic mass is 79.9. The third-order valence-electron chi connectivity index (χ3n) is 2.66. The van der Waals surface area contributed by atoms with Crippen LogP contribution in [0.4, 0.5) is 5.82 Å². The standard InChI is InChI=1S/C12H14BrN5O/c1-14-11-9(5-8(13)6-16-11)12(19)17-7-10-15-3-4-18(10)2/h3-6H,7H2,1-2H3,(H,14,16)(H,17,19). The Morgan fingerprint density at radius 2 is 2.26 bits per heavy atom. The second kappa shape index (κ2) is 5.83. The van der Waals surface area contributed by atoms with Crippen LogP contribution in [0.25, 0.3) is 0 Å². The van der Waals surface area contributed by atoms with Gasteiger partial charge in [-0.2, -0.15) is 0 Å². The van der Waals surface area contributed by atoms with Crippen molar-refractivity contribution in [2.75, 3.05) is 12.4 Å². The van der Waals surface area contributed by atoms with Crippen LogP contribution in [0, 0.1) is 0 Å². The van der Waals surface area contributed by atoms with Crippen molar-refractivity contribution in [3.05, 3.63) is 40.5 Å². The van der Waals surface area contributed by atoms with Crippen LogP contribution in [0.5, 0.6) is 0 Å². The van der Waals surface area contributed by atoms with Crippen LogP contribution in [0.2, 0.25) is 0 Å². The highest BCUT2D eigenvalue weighted by Crippen LogP contribution is 2.17. The van der Waals surface area contributed by atoms with Gasteiger partial charge in [0.25, 0.3) is 5.91 Å². The molecular weight excluding hydrogens is 310 g/mol. The third-order valence-corrected chi connectivity index (χ3v) is 3.10. The van der Waals surface area contributed by atoms with Crippen molar-refractivity contribution in [1.29, 1.82) is 0 Å². The van der Waals surface area contributed by atoms with Gasteiger partial charge in [0.1, 0.15) is 11.6 Å². The molecule has 2 aromatic rings. The number of halogens is 1. The van der Waals surface area contributed by atoms with Gasteiger partial charge < -0.3 is 15.2 Å². The Morgan fingerprint density at radius 3 is 2.89 bits per heavy atom. The van der Waals surface area contributed by atoms with Crippen molar-refractivity contribution in [2.24, 2.45) is 7.05 Å². The molecular formula is C12H14BrN5O. The number of imidazole rings is 1. The zero-order chi connectivity index (χ0) is 13.8. The average molecular weight is 324 g/mol. The molecule has 100 valence electrons. The first kappa shape index (κ1) is 13.5. The van der Waals surface area contributed by atoms with Gasteiger partial charge in [-0.3, -0.25) is 4.79 Å². The van der Waals surface area contributed by atoms with Gasteiger partial charge in [-0.25, -0.2) is 9.97 Å². The van der Waals surface area contributed by atoms with Gasteiger partial charge in [0, 0.05) is 37.2 Å². The monoisotopic (exact) mass is 323 g/mol. The minimum Gasteiger partial charge on any atom is -0.372 e. The number of nitrogens with zero attached hydrogens (tertiary/aromatic N) is 3. The molecule has 2 rings (SSSR count). The molecule has 0 aromatic carbocycles. The Hall–Kier alpha value is -1.89. The summed E-state index contributed by atoms with van der Waals surface area (Å²) in [5, 5.41) is 5.72. The summed E-state index contributed by atoms with van der Waals surface area (Å²) in [7, 11) is 3.61. The van der Waals surface area contributed by atoms with E-state index in [1.165, 1.54) is 0 Å². The van der Waals surface area contributed by atoms with Gasteiger partial charge in [0.05, 0.1) is 12.1 Å². The van der Waals surface area contributed by atoms with Gasteiger partial charge in [-0.05, 0) is 22.0 Å². The maximum Gasteiger partial charge on any atom is 0.255 e. The second-order valence-electron chi connectivity index (χ2n) is 3.94. The first-order valence-corrected chi connectivity index (χ1v) is 6.49. The number of anilines is 1. The fraction of sp³-hybridized carbons (Fsp3) is 0.250. The molecule has 0 bridgehead atoms. The van der Waals surface area contributed by atoms with Crippen LogP contribution < -0.4 is 10.6 Å². The number of aryl methyl sites for hydroxylation is 1. The Labute approximate surface area is 119 Å². The number of hydrogen-bond acceptors (Lipinski definition) is 4.